The van der Waals surface area contributed by atoms with Crippen LogP contribution < -0.4 is 5.32 Å². The number of benzene rings is 1. The van der Waals surface area contributed by atoms with Gasteiger partial charge in [-0.2, -0.15) is 0 Å². The third-order valence-corrected chi connectivity index (χ3v) is 6.37. The molecule has 3 heterocycles. The highest BCUT2D eigenvalue weighted by Crippen LogP contribution is 2.40. The minimum Gasteiger partial charge on any atom is -0.483 e. The van der Waals surface area contributed by atoms with E-state index in [1.807, 2.05) is 12.1 Å². The number of likely N-dealkylation sites (tertiary alicyclic amines) is 1. The van der Waals surface area contributed by atoms with Crippen molar-refractivity contribution in [2.45, 2.75) is 44.8 Å². The Balaban J connectivity index is 0.000000730. The normalized spacial score (nSPS) is 22.5. The van der Waals surface area contributed by atoms with Crippen LogP contribution in [0.5, 0.6) is 0 Å². The van der Waals surface area contributed by atoms with Crippen LogP contribution in [0.25, 0.3) is 0 Å². The topological polar surface area (TPSA) is 87.6 Å². The Bertz CT molecular complexity index is 937. The average Bonchev–Trinajstić information content (AvgIpc) is 3.50. The second kappa shape index (κ2) is 9.28. The summed E-state index contributed by atoms with van der Waals surface area (Å²) in [4.78, 5) is 20.3. The first-order chi connectivity index (χ1) is 15.0. The molecule has 2 N–H and O–H groups in total. The SMILES string of the molecule is Cc1nc(NCC2CC2)nc2c1COCC21CCN(Cc2ccccc2F)C1.O=CO. The molecule has 1 spiro atoms. The molecule has 31 heavy (non-hydrogen) atoms. The van der Waals surface area contributed by atoms with Gasteiger partial charge in [0.2, 0.25) is 5.95 Å². The van der Waals surface area contributed by atoms with Crippen LogP contribution in [0.4, 0.5) is 10.3 Å². The minimum atomic E-state index is -0.250. The van der Waals surface area contributed by atoms with Crippen LogP contribution in [0, 0.1) is 18.7 Å². The average molecular weight is 429 g/mol. The van der Waals surface area contributed by atoms with Gasteiger partial charge in [0.05, 0.1) is 24.3 Å². The van der Waals surface area contributed by atoms with Crippen LogP contribution >= 0.6 is 0 Å². The van der Waals surface area contributed by atoms with E-state index in [1.165, 1.54) is 18.9 Å². The molecule has 0 amide bonds. The summed E-state index contributed by atoms with van der Waals surface area (Å²) in [6, 6.07) is 7.05. The van der Waals surface area contributed by atoms with Crippen molar-refractivity contribution in [2.24, 2.45) is 5.92 Å². The minimum absolute atomic E-state index is 0.122. The van der Waals surface area contributed by atoms with Gasteiger partial charge in [0, 0.05) is 36.5 Å². The number of aromatic nitrogens is 2. The van der Waals surface area contributed by atoms with E-state index in [4.69, 9.17) is 19.6 Å². The fourth-order valence-electron chi connectivity index (χ4n) is 4.53. The first-order valence-electron chi connectivity index (χ1n) is 10.8. The van der Waals surface area contributed by atoms with Gasteiger partial charge in [-0.25, -0.2) is 14.4 Å². The maximum Gasteiger partial charge on any atom is 0.290 e. The molecule has 0 radical (unpaired) electrons. The fourth-order valence-corrected chi connectivity index (χ4v) is 4.53. The van der Waals surface area contributed by atoms with Gasteiger partial charge >= 0.3 is 0 Å². The number of ether oxygens (including phenoxy) is 1. The van der Waals surface area contributed by atoms with E-state index in [2.05, 4.69) is 22.1 Å². The van der Waals surface area contributed by atoms with Crippen molar-refractivity contribution in [2.75, 3.05) is 31.6 Å². The number of carboxylic acid groups (broad SMARTS) is 1. The summed E-state index contributed by atoms with van der Waals surface area (Å²) in [6.45, 7) is 6.41. The molecule has 1 atom stereocenters. The quantitative estimate of drug-likeness (QED) is 0.708. The summed E-state index contributed by atoms with van der Waals surface area (Å²) in [5, 5.41) is 10.3. The number of hydrogen-bond donors (Lipinski definition) is 2. The van der Waals surface area contributed by atoms with Crippen LogP contribution in [0.1, 0.15) is 41.8 Å². The molecule has 5 rings (SSSR count). The van der Waals surface area contributed by atoms with Crippen LogP contribution in [-0.4, -0.2) is 52.7 Å². The predicted octanol–water partition coefficient (Wildman–Crippen LogP) is 3.12. The molecule has 1 unspecified atom stereocenters. The van der Waals surface area contributed by atoms with Crippen molar-refractivity contribution in [3.05, 3.63) is 52.6 Å². The molecule has 1 saturated carbocycles. The Morgan fingerprint density at radius 2 is 2.13 bits per heavy atom. The van der Waals surface area contributed by atoms with E-state index in [0.717, 1.165) is 60.4 Å². The Hall–Kier alpha value is -2.58. The lowest BCUT2D eigenvalue weighted by atomic mass is 9.80. The van der Waals surface area contributed by atoms with Gasteiger partial charge in [-0.05, 0) is 44.7 Å². The van der Waals surface area contributed by atoms with E-state index < -0.39 is 0 Å². The standard InChI is InChI=1S/C22H27FN4O.CH2O2/c1-15-18-12-28-14-22(20(18)26-21(25-15)24-10-16-6-7-16)8-9-27(13-22)11-17-4-2-3-5-19(17)23;2-1-3/h2-5,16H,6-14H2,1H3,(H,24,25,26);1H,(H,2,3). The molecule has 0 bridgehead atoms. The Morgan fingerprint density at radius 3 is 2.87 bits per heavy atom. The van der Waals surface area contributed by atoms with Crippen molar-refractivity contribution in [1.29, 1.82) is 0 Å². The molecular formula is C23H29FN4O3. The Labute approximate surface area is 181 Å². The monoisotopic (exact) mass is 428 g/mol. The van der Waals surface area contributed by atoms with Crippen molar-refractivity contribution in [1.82, 2.24) is 14.9 Å². The summed E-state index contributed by atoms with van der Waals surface area (Å²) < 4.78 is 20.1. The molecule has 166 valence electrons. The van der Waals surface area contributed by atoms with Crippen LogP contribution in [0.3, 0.4) is 0 Å². The zero-order chi connectivity index (χ0) is 21.8. The Kier molecular flexibility index (Phi) is 6.48. The number of nitrogens with zero attached hydrogens (tertiary/aromatic N) is 3. The summed E-state index contributed by atoms with van der Waals surface area (Å²) in [6.07, 6.45) is 3.59. The van der Waals surface area contributed by atoms with Crippen molar-refractivity contribution >= 4 is 12.4 Å². The first-order valence-corrected chi connectivity index (χ1v) is 10.8. The molecule has 7 nitrogen and oxygen atoms in total. The van der Waals surface area contributed by atoms with Gasteiger partial charge in [0.15, 0.2) is 0 Å². The lowest BCUT2D eigenvalue weighted by molar-refractivity contribution is -0.122. The van der Waals surface area contributed by atoms with Gasteiger partial charge in [-0.3, -0.25) is 9.69 Å². The molecule has 2 aliphatic heterocycles. The lowest BCUT2D eigenvalue weighted by Crippen LogP contribution is -2.41. The van der Waals surface area contributed by atoms with Crippen LogP contribution in [0.2, 0.25) is 0 Å². The number of anilines is 1. The second-order valence-electron chi connectivity index (χ2n) is 8.71. The smallest absolute Gasteiger partial charge is 0.290 e. The van der Waals surface area contributed by atoms with Crippen LogP contribution in [-0.2, 0) is 28.1 Å². The third-order valence-electron chi connectivity index (χ3n) is 6.37. The molecule has 1 saturated heterocycles. The lowest BCUT2D eigenvalue weighted by Gasteiger charge is -2.35. The largest absolute Gasteiger partial charge is 0.483 e. The molecule has 1 aromatic heterocycles. The number of halogens is 1. The molecule has 2 fully saturated rings. The predicted molar refractivity (Wildman–Crippen MR) is 114 cm³/mol. The number of fused-ring (bicyclic) bond motifs is 2. The number of rotatable bonds is 5. The summed E-state index contributed by atoms with van der Waals surface area (Å²) in [7, 11) is 0. The van der Waals surface area contributed by atoms with E-state index in [0.29, 0.717) is 19.8 Å². The van der Waals surface area contributed by atoms with Crippen molar-refractivity contribution in [3.63, 3.8) is 0 Å². The van der Waals surface area contributed by atoms with Crippen molar-refractivity contribution < 1.29 is 19.0 Å². The highest BCUT2D eigenvalue weighted by Gasteiger charge is 2.45. The Morgan fingerprint density at radius 1 is 1.35 bits per heavy atom. The summed E-state index contributed by atoms with van der Waals surface area (Å²) >= 11 is 0. The molecule has 1 aromatic carbocycles. The van der Waals surface area contributed by atoms with Gasteiger partial charge in [0.25, 0.3) is 6.47 Å². The first kappa shape index (κ1) is 21.6. The summed E-state index contributed by atoms with van der Waals surface area (Å²) in [5.74, 6) is 1.39. The highest BCUT2D eigenvalue weighted by atomic mass is 19.1. The summed E-state index contributed by atoms with van der Waals surface area (Å²) in [5.41, 5.74) is 3.91. The van der Waals surface area contributed by atoms with Gasteiger partial charge < -0.3 is 15.2 Å². The highest BCUT2D eigenvalue weighted by molar-refractivity contribution is 5.40. The van der Waals surface area contributed by atoms with Gasteiger partial charge in [-0.1, -0.05) is 18.2 Å². The zero-order valence-corrected chi connectivity index (χ0v) is 17.8. The number of aryl methyl sites for hydroxylation is 1. The maximum absolute atomic E-state index is 14.1. The van der Waals surface area contributed by atoms with Gasteiger partial charge in [0.1, 0.15) is 5.82 Å². The number of hydrogen-bond acceptors (Lipinski definition) is 6. The van der Waals surface area contributed by atoms with E-state index in [-0.39, 0.29) is 17.7 Å². The maximum atomic E-state index is 14.1. The van der Waals surface area contributed by atoms with Gasteiger partial charge in [-0.15, -0.1) is 0 Å². The third kappa shape index (κ3) is 4.85. The van der Waals surface area contributed by atoms with E-state index in [1.54, 1.807) is 6.07 Å². The number of carbonyl (C=O) groups is 1. The molecule has 8 heteroatoms. The van der Waals surface area contributed by atoms with Crippen LogP contribution in [0.15, 0.2) is 24.3 Å². The zero-order valence-electron chi connectivity index (χ0n) is 17.8. The van der Waals surface area contributed by atoms with E-state index in [9.17, 15) is 4.39 Å². The molecule has 3 aliphatic rings. The molecule has 1 aliphatic carbocycles. The molecule has 2 aromatic rings. The van der Waals surface area contributed by atoms with Crippen molar-refractivity contribution in [3.8, 4) is 0 Å². The van der Waals surface area contributed by atoms with E-state index >= 15 is 0 Å². The second-order valence-corrected chi connectivity index (χ2v) is 8.71. The molecular weight excluding hydrogens is 399 g/mol. The number of nitrogens with one attached hydrogen (secondary N) is 1. The fraction of sp³-hybridized carbons (Fsp3) is 0.522.